The second-order valence-corrected chi connectivity index (χ2v) is 5.47. The van der Waals surface area contributed by atoms with E-state index >= 15 is 0 Å². The van der Waals surface area contributed by atoms with Crippen molar-refractivity contribution in [2.75, 3.05) is 19.7 Å². The SMILES string of the molecule is CC1CC1CNCCc1ccc2c(c1)CCO2. The summed E-state index contributed by atoms with van der Waals surface area (Å²) in [5, 5.41) is 3.56. The van der Waals surface area contributed by atoms with E-state index < -0.39 is 0 Å². The van der Waals surface area contributed by atoms with Crippen LogP contribution in [0, 0.1) is 11.8 Å². The Kier molecular flexibility index (Phi) is 3.06. The molecule has 1 aliphatic heterocycles. The molecule has 2 nitrogen and oxygen atoms in total. The molecule has 1 fully saturated rings. The van der Waals surface area contributed by atoms with Gasteiger partial charge in [-0.2, -0.15) is 0 Å². The summed E-state index contributed by atoms with van der Waals surface area (Å²) >= 11 is 0. The quantitative estimate of drug-likeness (QED) is 0.786. The zero-order chi connectivity index (χ0) is 11.7. The van der Waals surface area contributed by atoms with E-state index in [1.807, 2.05) is 0 Å². The van der Waals surface area contributed by atoms with Gasteiger partial charge in [0.15, 0.2) is 0 Å². The van der Waals surface area contributed by atoms with Gasteiger partial charge in [0.25, 0.3) is 0 Å². The van der Waals surface area contributed by atoms with Gasteiger partial charge in [0.2, 0.25) is 0 Å². The summed E-state index contributed by atoms with van der Waals surface area (Å²) in [6.45, 7) is 5.50. The maximum absolute atomic E-state index is 5.51. The van der Waals surface area contributed by atoms with E-state index in [0.717, 1.165) is 43.6 Å². The van der Waals surface area contributed by atoms with Crippen molar-refractivity contribution in [2.24, 2.45) is 11.8 Å². The number of hydrogen-bond acceptors (Lipinski definition) is 2. The maximum atomic E-state index is 5.51. The van der Waals surface area contributed by atoms with Crippen LogP contribution in [-0.4, -0.2) is 19.7 Å². The fourth-order valence-corrected chi connectivity index (χ4v) is 2.60. The molecular formula is C15H21NO. The minimum atomic E-state index is 0.858. The molecule has 0 radical (unpaired) electrons. The number of rotatable bonds is 5. The highest BCUT2D eigenvalue weighted by Crippen LogP contribution is 2.36. The number of nitrogens with one attached hydrogen (secondary N) is 1. The van der Waals surface area contributed by atoms with Gasteiger partial charge in [0, 0.05) is 6.42 Å². The van der Waals surface area contributed by atoms with E-state index in [9.17, 15) is 0 Å². The minimum Gasteiger partial charge on any atom is -0.493 e. The molecule has 1 saturated carbocycles. The topological polar surface area (TPSA) is 21.3 Å². The van der Waals surface area contributed by atoms with Gasteiger partial charge in [-0.1, -0.05) is 19.1 Å². The van der Waals surface area contributed by atoms with Crippen molar-refractivity contribution in [1.82, 2.24) is 5.32 Å². The summed E-state index contributed by atoms with van der Waals surface area (Å²) in [5.74, 6) is 3.00. The molecule has 0 saturated heterocycles. The Labute approximate surface area is 103 Å². The van der Waals surface area contributed by atoms with Crippen molar-refractivity contribution in [3.8, 4) is 5.75 Å². The molecule has 3 rings (SSSR count). The molecular weight excluding hydrogens is 210 g/mol. The molecule has 2 unspecified atom stereocenters. The second-order valence-electron chi connectivity index (χ2n) is 5.47. The third kappa shape index (κ3) is 2.63. The largest absolute Gasteiger partial charge is 0.493 e. The number of hydrogen-bond donors (Lipinski definition) is 1. The summed E-state index contributed by atoms with van der Waals surface area (Å²) in [4.78, 5) is 0. The summed E-state index contributed by atoms with van der Waals surface area (Å²) in [6, 6.07) is 6.63. The summed E-state index contributed by atoms with van der Waals surface area (Å²) in [7, 11) is 0. The molecule has 1 aromatic rings. The van der Waals surface area contributed by atoms with Crippen molar-refractivity contribution in [2.45, 2.75) is 26.2 Å². The van der Waals surface area contributed by atoms with Crippen molar-refractivity contribution < 1.29 is 4.74 Å². The lowest BCUT2D eigenvalue weighted by atomic mass is 10.1. The highest BCUT2D eigenvalue weighted by molar-refractivity contribution is 5.39. The van der Waals surface area contributed by atoms with Crippen molar-refractivity contribution >= 4 is 0 Å². The number of benzene rings is 1. The predicted octanol–water partition coefficient (Wildman–Crippen LogP) is 2.41. The Morgan fingerprint density at radius 1 is 1.41 bits per heavy atom. The Hall–Kier alpha value is -1.02. The summed E-state index contributed by atoms with van der Waals surface area (Å²) in [6.07, 6.45) is 3.63. The van der Waals surface area contributed by atoms with E-state index in [1.165, 1.54) is 24.1 Å². The van der Waals surface area contributed by atoms with Crippen molar-refractivity contribution in [3.05, 3.63) is 29.3 Å². The van der Waals surface area contributed by atoms with Gasteiger partial charge in [-0.3, -0.25) is 0 Å². The van der Waals surface area contributed by atoms with Crippen molar-refractivity contribution in [1.29, 1.82) is 0 Å². The first-order valence-corrected chi connectivity index (χ1v) is 6.78. The first-order valence-electron chi connectivity index (χ1n) is 6.78. The lowest BCUT2D eigenvalue weighted by molar-refractivity contribution is 0.357. The molecule has 1 aromatic carbocycles. The van der Waals surface area contributed by atoms with Crippen LogP contribution in [0.15, 0.2) is 18.2 Å². The van der Waals surface area contributed by atoms with Crippen LogP contribution in [0.4, 0.5) is 0 Å². The molecule has 17 heavy (non-hydrogen) atoms. The van der Waals surface area contributed by atoms with Crippen LogP contribution >= 0.6 is 0 Å². The number of ether oxygens (including phenoxy) is 1. The smallest absolute Gasteiger partial charge is 0.122 e. The van der Waals surface area contributed by atoms with Gasteiger partial charge in [-0.05, 0) is 55.0 Å². The molecule has 2 aliphatic rings. The van der Waals surface area contributed by atoms with Gasteiger partial charge >= 0.3 is 0 Å². The lowest BCUT2D eigenvalue weighted by Crippen LogP contribution is -2.20. The average molecular weight is 231 g/mol. The Bertz CT molecular complexity index is 402. The Morgan fingerprint density at radius 2 is 2.29 bits per heavy atom. The van der Waals surface area contributed by atoms with E-state index in [2.05, 4.69) is 30.4 Å². The molecule has 2 heteroatoms. The van der Waals surface area contributed by atoms with E-state index in [0.29, 0.717) is 0 Å². The first kappa shape index (κ1) is 11.1. The molecule has 92 valence electrons. The molecule has 1 aliphatic carbocycles. The van der Waals surface area contributed by atoms with E-state index in [1.54, 1.807) is 0 Å². The minimum absolute atomic E-state index is 0.858. The zero-order valence-electron chi connectivity index (χ0n) is 10.5. The fourth-order valence-electron chi connectivity index (χ4n) is 2.60. The lowest BCUT2D eigenvalue weighted by Gasteiger charge is -2.06. The van der Waals surface area contributed by atoms with Crippen molar-refractivity contribution in [3.63, 3.8) is 0 Å². The summed E-state index contributed by atoms with van der Waals surface area (Å²) in [5.41, 5.74) is 2.82. The first-order chi connectivity index (χ1) is 8.33. The van der Waals surface area contributed by atoms with Gasteiger partial charge in [-0.15, -0.1) is 0 Å². The monoisotopic (exact) mass is 231 g/mol. The number of fused-ring (bicyclic) bond motifs is 1. The zero-order valence-corrected chi connectivity index (χ0v) is 10.5. The molecule has 1 heterocycles. The van der Waals surface area contributed by atoms with Crippen LogP contribution < -0.4 is 10.1 Å². The standard InChI is InChI=1S/C15H21NO/c1-11-8-14(11)10-16-6-4-12-2-3-15-13(9-12)5-7-17-15/h2-3,9,11,14,16H,4-8,10H2,1H3. The van der Waals surface area contributed by atoms with Gasteiger partial charge in [-0.25, -0.2) is 0 Å². The molecule has 0 bridgehead atoms. The second kappa shape index (κ2) is 4.69. The molecule has 0 spiro atoms. The Balaban J connectivity index is 1.45. The fraction of sp³-hybridized carbons (Fsp3) is 0.600. The maximum Gasteiger partial charge on any atom is 0.122 e. The van der Waals surface area contributed by atoms with Gasteiger partial charge in [0.1, 0.15) is 5.75 Å². The predicted molar refractivity (Wildman–Crippen MR) is 69.5 cm³/mol. The normalized spacial score (nSPS) is 25.5. The third-order valence-corrected chi connectivity index (χ3v) is 4.03. The molecule has 0 amide bonds. The van der Waals surface area contributed by atoms with Crippen LogP contribution in [0.3, 0.4) is 0 Å². The van der Waals surface area contributed by atoms with Crippen LogP contribution in [0.25, 0.3) is 0 Å². The van der Waals surface area contributed by atoms with E-state index in [4.69, 9.17) is 4.74 Å². The third-order valence-electron chi connectivity index (χ3n) is 4.03. The molecule has 2 atom stereocenters. The van der Waals surface area contributed by atoms with Crippen LogP contribution in [-0.2, 0) is 12.8 Å². The van der Waals surface area contributed by atoms with E-state index in [-0.39, 0.29) is 0 Å². The summed E-state index contributed by atoms with van der Waals surface area (Å²) < 4.78 is 5.51. The van der Waals surface area contributed by atoms with Crippen LogP contribution in [0.1, 0.15) is 24.5 Å². The van der Waals surface area contributed by atoms with Gasteiger partial charge < -0.3 is 10.1 Å². The average Bonchev–Trinajstić information content (AvgIpc) is 2.86. The van der Waals surface area contributed by atoms with Gasteiger partial charge in [0.05, 0.1) is 6.61 Å². The van der Waals surface area contributed by atoms with Crippen LogP contribution in [0.5, 0.6) is 5.75 Å². The highest BCUT2D eigenvalue weighted by atomic mass is 16.5. The molecule has 1 N–H and O–H groups in total. The van der Waals surface area contributed by atoms with Crippen LogP contribution in [0.2, 0.25) is 0 Å². The Morgan fingerprint density at radius 3 is 3.12 bits per heavy atom. The highest BCUT2D eigenvalue weighted by Gasteiger charge is 2.31. The molecule has 0 aromatic heterocycles.